The third kappa shape index (κ3) is 5.66. The zero-order valence-corrected chi connectivity index (χ0v) is 19.2. The lowest BCUT2D eigenvalue weighted by Crippen LogP contribution is -2.41. The first-order chi connectivity index (χ1) is 14.7. The predicted molar refractivity (Wildman–Crippen MR) is 115 cm³/mol. The van der Waals surface area contributed by atoms with Crippen LogP contribution in [0.25, 0.3) is 0 Å². The van der Waals surface area contributed by atoms with E-state index in [1.165, 1.54) is 0 Å². The maximum absolute atomic E-state index is 13.0. The molecule has 2 saturated heterocycles. The van der Waals surface area contributed by atoms with Crippen LogP contribution in [-0.4, -0.2) is 72.6 Å². The van der Waals surface area contributed by atoms with Crippen molar-refractivity contribution in [2.24, 2.45) is 0 Å². The monoisotopic (exact) mass is 485 g/mol. The Morgan fingerprint density at radius 3 is 2.39 bits per heavy atom. The van der Waals surface area contributed by atoms with Crippen molar-refractivity contribution in [2.45, 2.75) is 36.6 Å². The fourth-order valence-electron chi connectivity index (χ4n) is 3.86. The van der Waals surface area contributed by atoms with Gasteiger partial charge in [0.15, 0.2) is 19.7 Å². The van der Waals surface area contributed by atoms with Crippen LogP contribution in [0, 0.1) is 0 Å². The molecule has 1 aromatic heterocycles. The summed E-state index contributed by atoms with van der Waals surface area (Å²) in [4.78, 5) is 14.6. The molecular formula is C19H23N3O6S3. The van der Waals surface area contributed by atoms with E-state index in [0.29, 0.717) is 19.4 Å². The lowest BCUT2D eigenvalue weighted by Gasteiger charge is -2.28. The van der Waals surface area contributed by atoms with Crippen molar-refractivity contribution in [1.82, 2.24) is 15.1 Å². The Labute approximate surface area is 185 Å². The Morgan fingerprint density at radius 1 is 1.03 bits per heavy atom. The molecule has 12 heteroatoms. The molecule has 9 nitrogen and oxygen atoms in total. The fourth-order valence-corrected chi connectivity index (χ4v) is 7.98. The molecule has 0 spiro atoms. The maximum atomic E-state index is 13.0. The van der Waals surface area contributed by atoms with E-state index in [1.54, 1.807) is 4.90 Å². The van der Waals surface area contributed by atoms with Crippen LogP contribution in [0.5, 0.6) is 0 Å². The third-order valence-corrected chi connectivity index (χ3v) is 9.81. The molecular weight excluding hydrogens is 462 g/mol. The van der Waals surface area contributed by atoms with Gasteiger partial charge in [-0.1, -0.05) is 42.1 Å². The molecule has 4 rings (SSSR count). The highest BCUT2D eigenvalue weighted by Gasteiger charge is 2.35. The first-order valence-electron chi connectivity index (χ1n) is 9.91. The van der Waals surface area contributed by atoms with Gasteiger partial charge in [0.1, 0.15) is 0 Å². The van der Waals surface area contributed by atoms with Gasteiger partial charge in [-0.3, -0.25) is 4.79 Å². The van der Waals surface area contributed by atoms with Gasteiger partial charge in [0, 0.05) is 12.6 Å². The number of rotatable bonds is 7. The highest BCUT2D eigenvalue weighted by atomic mass is 32.2. The second-order valence-electron chi connectivity index (χ2n) is 7.86. The van der Waals surface area contributed by atoms with E-state index >= 15 is 0 Å². The van der Waals surface area contributed by atoms with Crippen molar-refractivity contribution in [3.63, 3.8) is 0 Å². The molecule has 0 bridgehead atoms. The van der Waals surface area contributed by atoms with E-state index in [2.05, 4.69) is 10.2 Å². The Morgan fingerprint density at radius 2 is 1.74 bits per heavy atom. The van der Waals surface area contributed by atoms with Crippen LogP contribution in [0.3, 0.4) is 0 Å². The van der Waals surface area contributed by atoms with Crippen molar-refractivity contribution in [3.8, 4) is 0 Å². The van der Waals surface area contributed by atoms with E-state index in [0.717, 1.165) is 17.3 Å². The number of benzene rings is 1. The number of carbonyl (C=O) groups is 1. The number of amides is 1. The molecule has 2 aromatic rings. The van der Waals surface area contributed by atoms with Gasteiger partial charge in [0.25, 0.3) is 5.22 Å². The van der Waals surface area contributed by atoms with Crippen molar-refractivity contribution in [3.05, 3.63) is 41.8 Å². The number of carbonyl (C=O) groups excluding carboxylic acids is 1. The summed E-state index contributed by atoms with van der Waals surface area (Å²) in [7, 11) is -6.20. The van der Waals surface area contributed by atoms with Crippen molar-refractivity contribution >= 4 is 37.3 Å². The first-order valence-corrected chi connectivity index (χ1v) is 14.5. The molecule has 0 aliphatic carbocycles. The number of aromatic nitrogens is 2. The van der Waals surface area contributed by atoms with Crippen LogP contribution in [0.1, 0.15) is 30.2 Å². The first kappa shape index (κ1) is 22.3. The van der Waals surface area contributed by atoms with Crippen molar-refractivity contribution in [1.29, 1.82) is 0 Å². The standard InChI is InChI=1S/C19H23N3O6S3/c23-17(11-29-19-21-20-18(28-19)15-6-8-30(24,25)12-15)22(10-14-4-2-1-3-5-14)16-7-9-31(26,27)13-16/h1-5,15-16H,6-13H2/t15-,16-/m0/s1. The van der Waals surface area contributed by atoms with Gasteiger partial charge in [0.2, 0.25) is 11.8 Å². The topological polar surface area (TPSA) is 128 Å². The number of hydrogen-bond acceptors (Lipinski definition) is 9. The van der Waals surface area contributed by atoms with Crippen molar-refractivity contribution in [2.75, 3.05) is 28.8 Å². The van der Waals surface area contributed by atoms with Gasteiger partial charge in [-0.25, -0.2) is 16.8 Å². The highest BCUT2D eigenvalue weighted by molar-refractivity contribution is 7.99. The average Bonchev–Trinajstić information content (AvgIpc) is 3.43. The van der Waals surface area contributed by atoms with Gasteiger partial charge in [-0.15, -0.1) is 10.2 Å². The minimum atomic E-state index is -3.14. The molecule has 1 aromatic carbocycles. The Hall–Kier alpha value is -1.92. The summed E-state index contributed by atoms with van der Waals surface area (Å²) in [6.45, 7) is 0.329. The van der Waals surface area contributed by atoms with E-state index in [9.17, 15) is 21.6 Å². The summed E-state index contributed by atoms with van der Waals surface area (Å²) >= 11 is 1.08. The molecule has 3 heterocycles. The Balaban J connectivity index is 1.42. The van der Waals surface area contributed by atoms with Crippen LogP contribution < -0.4 is 0 Å². The molecule has 2 aliphatic rings. The molecule has 2 fully saturated rings. The van der Waals surface area contributed by atoms with E-state index < -0.39 is 19.7 Å². The van der Waals surface area contributed by atoms with Crippen LogP contribution in [0.2, 0.25) is 0 Å². The Bertz CT molecular complexity index is 1150. The lowest BCUT2D eigenvalue weighted by atomic mass is 10.1. The Kier molecular flexibility index (Phi) is 6.40. The third-order valence-electron chi connectivity index (χ3n) is 5.49. The summed E-state index contributed by atoms with van der Waals surface area (Å²) in [5.41, 5.74) is 0.924. The maximum Gasteiger partial charge on any atom is 0.277 e. The summed E-state index contributed by atoms with van der Waals surface area (Å²) < 4.78 is 52.8. The van der Waals surface area contributed by atoms with Crippen LogP contribution in [0.4, 0.5) is 0 Å². The largest absolute Gasteiger partial charge is 0.416 e. The van der Waals surface area contributed by atoms with Crippen LogP contribution >= 0.6 is 11.8 Å². The van der Waals surface area contributed by atoms with Gasteiger partial charge >= 0.3 is 0 Å². The normalized spacial score (nSPS) is 24.3. The zero-order chi connectivity index (χ0) is 22.1. The number of nitrogens with zero attached hydrogens (tertiary/aromatic N) is 3. The summed E-state index contributed by atoms with van der Waals surface area (Å²) in [6, 6.07) is 9.07. The molecule has 0 unspecified atom stereocenters. The molecule has 2 atom stereocenters. The molecule has 31 heavy (non-hydrogen) atoms. The number of thioether (sulfide) groups is 1. The SMILES string of the molecule is O=C(CSc1nnc([C@H]2CCS(=O)(=O)C2)o1)N(Cc1ccccc1)[C@H]1CCS(=O)(=O)C1. The number of sulfone groups is 2. The second-order valence-corrected chi connectivity index (χ2v) is 13.2. The minimum absolute atomic E-state index is 0.000756. The average molecular weight is 486 g/mol. The van der Waals surface area contributed by atoms with E-state index in [4.69, 9.17) is 4.42 Å². The lowest BCUT2D eigenvalue weighted by molar-refractivity contribution is -0.130. The van der Waals surface area contributed by atoms with Crippen LogP contribution in [-0.2, 0) is 31.0 Å². The highest BCUT2D eigenvalue weighted by Crippen LogP contribution is 2.30. The van der Waals surface area contributed by atoms with E-state index in [1.807, 2.05) is 30.3 Å². The van der Waals surface area contributed by atoms with Gasteiger partial charge in [-0.05, 0) is 18.4 Å². The van der Waals surface area contributed by atoms with Crippen molar-refractivity contribution < 1.29 is 26.0 Å². The minimum Gasteiger partial charge on any atom is -0.416 e. The van der Waals surface area contributed by atoms with Gasteiger partial charge in [-0.2, -0.15) is 0 Å². The van der Waals surface area contributed by atoms with Gasteiger partial charge in [0.05, 0.1) is 34.7 Å². The second kappa shape index (κ2) is 8.91. The van der Waals surface area contributed by atoms with Crippen LogP contribution in [0.15, 0.2) is 40.0 Å². The predicted octanol–water partition coefficient (Wildman–Crippen LogP) is 1.28. The number of hydrogen-bond donors (Lipinski definition) is 0. The smallest absolute Gasteiger partial charge is 0.277 e. The molecule has 0 N–H and O–H groups in total. The van der Waals surface area contributed by atoms with Gasteiger partial charge < -0.3 is 9.32 Å². The van der Waals surface area contributed by atoms with E-state index in [-0.39, 0.29) is 57.7 Å². The summed E-state index contributed by atoms with van der Waals surface area (Å²) in [5, 5.41) is 8.07. The molecule has 0 radical (unpaired) electrons. The quantitative estimate of drug-likeness (QED) is 0.533. The summed E-state index contributed by atoms with van der Waals surface area (Å²) in [5.74, 6) is -0.0517. The molecule has 2 aliphatic heterocycles. The zero-order valence-electron chi connectivity index (χ0n) is 16.7. The molecule has 1 amide bonds. The summed E-state index contributed by atoms with van der Waals surface area (Å²) in [6.07, 6.45) is 0.876. The molecule has 168 valence electrons. The fraction of sp³-hybridized carbons (Fsp3) is 0.526. The molecule has 0 saturated carbocycles.